The molecule has 1 heterocycles. The fourth-order valence-corrected chi connectivity index (χ4v) is 3.56. The highest BCUT2D eigenvalue weighted by molar-refractivity contribution is 5.78. The molecule has 25 heavy (non-hydrogen) atoms. The van der Waals surface area contributed by atoms with Crippen molar-refractivity contribution in [2.75, 3.05) is 13.6 Å². The number of amides is 1. The van der Waals surface area contributed by atoms with Crippen molar-refractivity contribution in [1.29, 1.82) is 0 Å². The van der Waals surface area contributed by atoms with Crippen LogP contribution >= 0.6 is 0 Å². The first-order valence-electron chi connectivity index (χ1n) is 9.09. The second-order valence-electron chi connectivity index (χ2n) is 6.83. The zero-order valence-electron chi connectivity index (χ0n) is 14.8. The largest absolute Gasteiger partial charge is 0.348 e. The Morgan fingerprint density at radius 2 is 2.08 bits per heavy atom. The second kappa shape index (κ2) is 8.76. The maximum atomic E-state index is 12.6. The minimum absolute atomic E-state index is 0.0186. The molecular weight excluding hydrogens is 314 g/mol. The quantitative estimate of drug-likeness (QED) is 0.801. The molecule has 0 aliphatic heterocycles. The van der Waals surface area contributed by atoms with Crippen molar-refractivity contribution in [3.63, 3.8) is 0 Å². The highest BCUT2D eigenvalue weighted by atomic mass is 16.2. The number of likely N-dealkylation sites (N-methyl/N-ethyl adjacent to an activating group) is 1. The van der Waals surface area contributed by atoms with Crippen LogP contribution in [0.5, 0.6) is 0 Å². The number of carbonyl (C=O) groups excluding carboxylic acids is 1. The summed E-state index contributed by atoms with van der Waals surface area (Å²) in [7, 11) is 2.06. The van der Waals surface area contributed by atoms with Gasteiger partial charge in [-0.3, -0.25) is 14.4 Å². The smallest absolute Gasteiger partial charge is 0.234 e. The third-order valence-electron chi connectivity index (χ3n) is 4.99. The maximum absolute atomic E-state index is 12.6. The van der Waals surface area contributed by atoms with E-state index < -0.39 is 0 Å². The average Bonchev–Trinajstić information content (AvgIpc) is 3.32. The Bertz CT molecular complexity index is 637. The van der Waals surface area contributed by atoms with Crippen molar-refractivity contribution in [1.82, 2.24) is 25.0 Å². The second-order valence-corrected chi connectivity index (χ2v) is 6.83. The number of benzene rings is 1. The van der Waals surface area contributed by atoms with Crippen LogP contribution in [-0.2, 0) is 11.3 Å². The van der Waals surface area contributed by atoms with E-state index in [9.17, 15) is 4.79 Å². The molecule has 1 saturated carbocycles. The number of carbonyl (C=O) groups is 1. The zero-order chi connectivity index (χ0) is 17.5. The van der Waals surface area contributed by atoms with Gasteiger partial charge >= 0.3 is 0 Å². The minimum atomic E-state index is -0.0186. The Balaban J connectivity index is 1.59. The summed E-state index contributed by atoms with van der Waals surface area (Å²) in [4.78, 5) is 18.7. The Morgan fingerprint density at radius 1 is 1.32 bits per heavy atom. The lowest BCUT2D eigenvalue weighted by Gasteiger charge is -2.25. The average molecular weight is 341 g/mol. The number of rotatable bonds is 8. The first-order chi connectivity index (χ1) is 12.2. The summed E-state index contributed by atoms with van der Waals surface area (Å²) in [6.45, 7) is 1.18. The van der Waals surface area contributed by atoms with E-state index in [0.717, 1.165) is 18.5 Å². The summed E-state index contributed by atoms with van der Waals surface area (Å²) in [6, 6.07) is 10.7. The predicted octanol–water partition coefficient (Wildman–Crippen LogP) is 2.40. The lowest BCUT2D eigenvalue weighted by molar-refractivity contribution is -0.123. The van der Waals surface area contributed by atoms with Crippen LogP contribution in [0.1, 0.15) is 43.7 Å². The number of aromatic nitrogens is 3. The van der Waals surface area contributed by atoms with Gasteiger partial charge in [0.25, 0.3) is 0 Å². The first kappa shape index (κ1) is 17.6. The van der Waals surface area contributed by atoms with E-state index in [1.807, 2.05) is 18.2 Å². The molecule has 1 amide bonds. The molecule has 1 unspecified atom stereocenters. The van der Waals surface area contributed by atoms with Crippen molar-refractivity contribution in [2.24, 2.45) is 0 Å². The molecule has 0 radical (unpaired) electrons. The molecule has 6 heteroatoms. The Labute approximate surface area is 149 Å². The van der Waals surface area contributed by atoms with E-state index in [4.69, 9.17) is 0 Å². The van der Waals surface area contributed by atoms with Crippen LogP contribution in [0.25, 0.3) is 0 Å². The van der Waals surface area contributed by atoms with E-state index in [2.05, 4.69) is 39.5 Å². The first-order valence-corrected chi connectivity index (χ1v) is 9.09. The number of hydrogen-bond acceptors (Lipinski definition) is 4. The van der Waals surface area contributed by atoms with Crippen LogP contribution in [0.2, 0.25) is 0 Å². The standard InChI is InChI=1S/C19H27N5O/c1-23(17-9-5-6-10-17)13-19(25)22-18(16-7-3-2-4-8-16)11-12-24-15-20-14-21-24/h2-4,7-8,14-15,17-18H,5-6,9-13H2,1H3,(H,22,25). The summed E-state index contributed by atoms with van der Waals surface area (Å²) >= 11 is 0. The molecular formula is C19H27N5O. The number of nitrogens with zero attached hydrogens (tertiary/aromatic N) is 4. The molecule has 3 rings (SSSR count). The molecule has 134 valence electrons. The number of hydrogen-bond donors (Lipinski definition) is 1. The van der Waals surface area contributed by atoms with Gasteiger partial charge in [0.15, 0.2) is 0 Å². The lowest BCUT2D eigenvalue weighted by atomic mass is 10.0. The summed E-state index contributed by atoms with van der Waals surface area (Å²) in [5, 5.41) is 7.35. The van der Waals surface area contributed by atoms with Crippen molar-refractivity contribution < 1.29 is 4.79 Å². The van der Waals surface area contributed by atoms with Crippen LogP contribution < -0.4 is 5.32 Å². The predicted molar refractivity (Wildman–Crippen MR) is 96.9 cm³/mol. The lowest BCUT2D eigenvalue weighted by Crippen LogP contribution is -2.41. The van der Waals surface area contributed by atoms with E-state index in [0.29, 0.717) is 12.6 Å². The molecule has 1 aliphatic carbocycles. The van der Waals surface area contributed by atoms with Gasteiger partial charge in [0.1, 0.15) is 12.7 Å². The van der Waals surface area contributed by atoms with Gasteiger partial charge < -0.3 is 5.32 Å². The van der Waals surface area contributed by atoms with Gasteiger partial charge in [-0.25, -0.2) is 4.98 Å². The van der Waals surface area contributed by atoms with Crippen LogP contribution in [0.3, 0.4) is 0 Å². The molecule has 1 aromatic carbocycles. The van der Waals surface area contributed by atoms with Crippen LogP contribution in [0, 0.1) is 0 Å². The number of nitrogens with one attached hydrogen (secondary N) is 1. The summed E-state index contributed by atoms with van der Waals surface area (Å²) < 4.78 is 1.80. The van der Waals surface area contributed by atoms with Gasteiger partial charge in [-0.1, -0.05) is 43.2 Å². The van der Waals surface area contributed by atoms with Crippen LogP contribution in [-0.4, -0.2) is 45.2 Å². The molecule has 6 nitrogen and oxygen atoms in total. The zero-order valence-corrected chi connectivity index (χ0v) is 14.8. The van der Waals surface area contributed by atoms with E-state index in [1.54, 1.807) is 11.0 Å². The highest BCUT2D eigenvalue weighted by Crippen LogP contribution is 2.22. The minimum Gasteiger partial charge on any atom is -0.348 e. The van der Waals surface area contributed by atoms with E-state index >= 15 is 0 Å². The summed E-state index contributed by atoms with van der Waals surface area (Å²) in [6.07, 6.45) is 9.00. The van der Waals surface area contributed by atoms with Gasteiger partial charge in [0.05, 0.1) is 12.6 Å². The van der Waals surface area contributed by atoms with Crippen molar-refractivity contribution >= 4 is 5.91 Å². The molecule has 1 aromatic heterocycles. The molecule has 2 aromatic rings. The van der Waals surface area contributed by atoms with Crippen molar-refractivity contribution in [3.8, 4) is 0 Å². The van der Waals surface area contributed by atoms with Gasteiger partial charge in [-0.2, -0.15) is 5.10 Å². The molecule has 0 saturated heterocycles. The van der Waals surface area contributed by atoms with Gasteiger partial charge in [-0.05, 0) is 31.9 Å². The Morgan fingerprint density at radius 3 is 2.76 bits per heavy atom. The summed E-state index contributed by atoms with van der Waals surface area (Å²) in [5.74, 6) is 0.0850. The molecule has 1 atom stereocenters. The molecule has 0 bridgehead atoms. The third kappa shape index (κ3) is 5.13. The molecule has 0 spiro atoms. The van der Waals surface area contributed by atoms with Gasteiger partial charge in [0, 0.05) is 12.6 Å². The maximum Gasteiger partial charge on any atom is 0.234 e. The normalized spacial score (nSPS) is 16.2. The van der Waals surface area contributed by atoms with E-state index in [-0.39, 0.29) is 11.9 Å². The Hall–Kier alpha value is -2.21. The monoisotopic (exact) mass is 341 g/mol. The Kier molecular flexibility index (Phi) is 6.17. The van der Waals surface area contributed by atoms with Crippen molar-refractivity contribution in [3.05, 3.63) is 48.5 Å². The van der Waals surface area contributed by atoms with Crippen molar-refractivity contribution in [2.45, 2.75) is 50.7 Å². The fourth-order valence-electron chi connectivity index (χ4n) is 3.56. The third-order valence-corrected chi connectivity index (χ3v) is 4.99. The highest BCUT2D eigenvalue weighted by Gasteiger charge is 2.22. The number of aryl methyl sites for hydroxylation is 1. The molecule has 1 fully saturated rings. The molecule has 1 N–H and O–H groups in total. The summed E-state index contributed by atoms with van der Waals surface area (Å²) in [5.41, 5.74) is 1.12. The fraction of sp³-hybridized carbons (Fsp3) is 0.526. The topological polar surface area (TPSA) is 63.1 Å². The van der Waals surface area contributed by atoms with E-state index in [1.165, 1.54) is 32.0 Å². The van der Waals surface area contributed by atoms with Crippen LogP contribution in [0.15, 0.2) is 43.0 Å². The molecule has 1 aliphatic rings. The SMILES string of the molecule is CN(CC(=O)NC(CCn1cncn1)c1ccccc1)C1CCCC1. The van der Waals surface area contributed by atoms with Gasteiger partial charge in [-0.15, -0.1) is 0 Å². The van der Waals surface area contributed by atoms with Crippen LogP contribution in [0.4, 0.5) is 0 Å². The van der Waals surface area contributed by atoms with Gasteiger partial charge in [0.2, 0.25) is 5.91 Å².